The Bertz CT molecular complexity index is 686. The van der Waals surface area contributed by atoms with Crippen LogP contribution in [-0.2, 0) is 16.0 Å². The molecule has 6 nitrogen and oxygen atoms in total. The second-order valence-electron chi connectivity index (χ2n) is 7.12. The molecule has 0 N–H and O–H groups in total. The number of rotatable bonds is 5. The van der Waals surface area contributed by atoms with Gasteiger partial charge in [0.25, 0.3) is 5.91 Å². The lowest BCUT2D eigenvalue weighted by molar-refractivity contribution is -0.139. The summed E-state index contributed by atoms with van der Waals surface area (Å²) < 4.78 is 0. The maximum Gasteiger partial charge on any atom is 0.327 e. The van der Waals surface area contributed by atoms with Gasteiger partial charge in [-0.15, -0.1) is 0 Å². The van der Waals surface area contributed by atoms with Crippen LogP contribution in [0.2, 0.25) is 0 Å². The smallest absolute Gasteiger partial charge is 0.327 e. The third kappa shape index (κ3) is 2.90. The number of urea groups is 1. The van der Waals surface area contributed by atoms with Crippen molar-refractivity contribution in [2.24, 2.45) is 0 Å². The number of nitrogens with zero attached hydrogens (tertiary/aromatic N) is 3. The van der Waals surface area contributed by atoms with E-state index in [4.69, 9.17) is 0 Å². The molecular formula is C19H23N3O3. The average molecular weight is 341 g/mol. The first kappa shape index (κ1) is 16.1. The van der Waals surface area contributed by atoms with Gasteiger partial charge < -0.3 is 9.80 Å². The van der Waals surface area contributed by atoms with Gasteiger partial charge in [0.05, 0.1) is 0 Å². The van der Waals surface area contributed by atoms with Crippen molar-refractivity contribution in [1.82, 2.24) is 14.7 Å². The molecule has 132 valence electrons. The van der Waals surface area contributed by atoms with Crippen LogP contribution in [0.25, 0.3) is 0 Å². The van der Waals surface area contributed by atoms with Crippen molar-refractivity contribution in [3.05, 3.63) is 35.9 Å². The normalized spacial score (nSPS) is 24.4. The average Bonchev–Trinajstić information content (AvgIpc) is 3.05. The molecule has 4 rings (SSSR count). The fourth-order valence-corrected chi connectivity index (χ4v) is 3.94. The predicted molar refractivity (Wildman–Crippen MR) is 91.7 cm³/mol. The Morgan fingerprint density at radius 1 is 1.00 bits per heavy atom. The number of hydrogen-bond donors (Lipinski definition) is 0. The maximum absolute atomic E-state index is 12.7. The lowest BCUT2D eigenvalue weighted by Crippen LogP contribution is -2.49. The largest absolute Gasteiger partial charge is 0.338 e. The molecule has 1 aromatic rings. The molecule has 1 aromatic carbocycles. The zero-order valence-electron chi connectivity index (χ0n) is 14.3. The number of likely N-dealkylation sites (tertiary alicyclic amines) is 1. The van der Waals surface area contributed by atoms with Gasteiger partial charge in [0.2, 0.25) is 5.91 Å². The van der Waals surface area contributed by atoms with Gasteiger partial charge in [-0.2, -0.15) is 0 Å². The van der Waals surface area contributed by atoms with Gasteiger partial charge in [-0.3, -0.25) is 9.59 Å². The van der Waals surface area contributed by atoms with E-state index < -0.39 is 6.04 Å². The first-order chi connectivity index (χ1) is 12.1. The second-order valence-corrected chi connectivity index (χ2v) is 7.12. The molecule has 1 aliphatic carbocycles. The van der Waals surface area contributed by atoms with E-state index in [-0.39, 0.29) is 24.4 Å². The Balaban J connectivity index is 1.40. The van der Waals surface area contributed by atoms with Gasteiger partial charge in [-0.25, -0.2) is 9.69 Å². The summed E-state index contributed by atoms with van der Waals surface area (Å²) in [6, 6.07) is 9.32. The van der Waals surface area contributed by atoms with Crippen molar-refractivity contribution >= 4 is 17.8 Å². The lowest BCUT2D eigenvalue weighted by atomic mass is 9.92. The second kappa shape index (κ2) is 6.50. The molecule has 3 aliphatic rings. The third-order valence-electron chi connectivity index (χ3n) is 5.62. The Hall–Kier alpha value is -2.37. The molecule has 6 heteroatoms. The van der Waals surface area contributed by atoms with E-state index >= 15 is 0 Å². The van der Waals surface area contributed by atoms with Crippen LogP contribution in [0.1, 0.15) is 31.2 Å². The van der Waals surface area contributed by atoms with Gasteiger partial charge >= 0.3 is 6.03 Å². The lowest BCUT2D eigenvalue weighted by Gasteiger charge is -2.35. The molecule has 1 unspecified atom stereocenters. The Labute approximate surface area is 147 Å². The molecule has 2 saturated heterocycles. The van der Waals surface area contributed by atoms with Crippen molar-refractivity contribution in [2.75, 3.05) is 19.6 Å². The monoisotopic (exact) mass is 341 g/mol. The van der Waals surface area contributed by atoms with Crippen LogP contribution >= 0.6 is 0 Å². The quantitative estimate of drug-likeness (QED) is 0.765. The minimum atomic E-state index is -0.595. The number of imide groups is 1. The van der Waals surface area contributed by atoms with Crippen LogP contribution in [-0.4, -0.2) is 64.3 Å². The van der Waals surface area contributed by atoms with Gasteiger partial charge in [-0.1, -0.05) is 30.3 Å². The molecule has 4 amide bonds. The first-order valence-electron chi connectivity index (χ1n) is 9.10. The molecule has 0 bridgehead atoms. The first-order valence-corrected chi connectivity index (χ1v) is 9.10. The van der Waals surface area contributed by atoms with Gasteiger partial charge in [0.15, 0.2) is 0 Å². The van der Waals surface area contributed by atoms with Crippen LogP contribution in [0.4, 0.5) is 4.79 Å². The van der Waals surface area contributed by atoms with Crippen LogP contribution < -0.4 is 0 Å². The van der Waals surface area contributed by atoms with Gasteiger partial charge in [-0.05, 0) is 37.7 Å². The topological polar surface area (TPSA) is 60.9 Å². The molecule has 2 aliphatic heterocycles. The van der Waals surface area contributed by atoms with Gasteiger partial charge in [0, 0.05) is 19.1 Å². The Morgan fingerprint density at radius 2 is 1.76 bits per heavy atom. The van der Waals surface area contributed by atoms with Crippen LogP contribution in [0.3, 0.4) is 0 Å². The Kier molecular flexibility index (Phi) is 4.19. The molecule has 0 radical (unpaired) electrons. The van der Waals surface area contributed by atoms with E-state index in [1.165, 1.54) is 4.90 Å². The number of benzene rings is 1. The summed E-state index contributed by atoms with van der Waals surface area (Å²) in [5.41, 5.74) is 1.13. The summed E-state index contributed by atoms with van der Waals surface area (Å²) in [6.45, 7) is 1.24. The van der Waals surface area contributed by atoms with E-state index in [1.807, 2.05) is 35.2 Å². The maximum atomic E-state index is 12.7. The predicted octanol–water partition coefficient (Wildman–Crippen LogP) is 1.65. The molecule has 2 heterocycles. The molecule has 0 spiro atoms. The van der Waals surface area contributed by atoms with E-state index in [9.17, 15) is 14.4 Å². The zero-order valence-corrected chi connectivity index (χ0v) is 14.3. The fourth-order valence-electron chi connectivity index (χ4n) is 3.94. The highest BCUT2D eigenvalue weighted by atomic mass is 16.2. The fraction of sp³-hybridized carbons (Fsp3) is 0.526. The van der Waals surface area contributed by atoms with Crippen molar-refractivity contribution < 1.29 is 14.4 Å². The number of carbonyl (C=O) groups is 3. The molecule has 0 aromatic heterocycles. The highest BCUT2D eigenvalue weighted by Crippen LogP contribution is 2.31. The number of hydrogen-bond acceptors (Lipinski definition) is 3. The molecule has 1 atom stereocenters. The van der Waals surface area contributed by atoms with Gasteiger partial charge in [0.1, 0.15) is 12.6 Å². The molecule has 3 fully saturated rings. The van der Waals surface area contributed by atoms with Crippen molar-refractivity contribution in [3.8, 4) is 0 Å². The third-order valence-corrected chi connectivity index (χ3v) is 5.62. The summed E-state index contributed by atoms with van der Waals surface area (Å²) in [6.07, 6.45) is 4.53. The van der Waals surface area contributed by atoms with Crippen molar-refractivity contribution in [2.45, 2.75) is 44.2 Å². The summed E-state index contributed by atoms with van der Waals surface area (Å²) in [4.78, 5) is 42.4. The van der Waals surface area contributed by atoms with E-state index in [2.05, 4.69) is 0 Å². The van der Waals surface area contributed by atoms with Crippen LogP contribution in [0.5, 0.6) is 0 Å². The molecule has 25 heavy (non-hydrogen) atoms. The van der Waals surface area contributed by atoms with Crippen molar-refractivity contribution in [3.63, 3.8) is 0 Å². The SMILES string of the molecule is O=C1C(N2C(=O)CN(CCc3ccccc3)C2=O)CCN1C1CCC1. The molecular weight excluding hydrogens is 318 g/mol. The standard InChI is InChI=1S/C19H23N3O3/c23-17-13-20(11-9-14-5-2-1-3-6-14)19(25)22(17)16-10-12-21(18(16)24)15-7-4-8-15/h1-3,5-6,15-16H,4,7-13H2. The minimum absolute atomic E-state index is 0.0451. The summed E-state index contributed by atoms with van der Waals surface area (Å²) in [5, 5.41) is 0. The van der Waals surface area contributed by atoms with E-state index in [1.54, 1.807) is 4.90 Å². The summed E-state index contributed by atoms with van der Waals surface area (Å²) in [7, 11) is 0. The highest BCUT2D eigenvalue weighted by Gasteiger charge is 2.48. The Morgan fingerprint density at radius 3 is 2.44 bits per heavy atom. The van der Waals surface area contributed by atoms with Crippen LogP contribution in [0.15, 0.2) is 30.3 Å². The summed E-state index contributed by atoms with van der Waals surface area (Å²) in [5.74, 6) is -0.289. The zero-order chi connectivity index (χ0) is 17.4. The van der Waals surface area contributed by atoms with Crippen LogP contribution in [0, 0.1) is 0 Å². The van der Waals surface area contributed by atoms with E-state index in [0.717, 1.165) is 24.8 Å². The van der Waals surface area contributed by atoms with E-state index in [0.29, 0.717) is 32.0 Å². The highest BCUT2D eigenvalue weighted by molar-refractivity contribution is 6.06. The summed E-state index contributed by atoms with van der Waals surface area (Å²) >= 11 is 0. The molecule has 1 saturated carbocycles. The number of carbonyl (C=O) groups excluding carboxylic acids is 3. The number of amides is 4. The minimum Gasteiger partial charge on any atom is -0.338 e. The van der Waals surface area contributed by atoms with Crippen molar-refractivity contribution in [1.29, 1.82) is 0 Å².